The van der Waals surface area contributed by atoms with Gasteiger partial charge in [0.15, 0.2) is 0 Å². The van der Waals surface area contributed by atoms with Crippen LogP contribution in [0.2, 0.25) is 10.0 Å². The normalized spacial score (nSPS) is 10.2. The summed E-state index contributed by atoms with van der Waals surface area (Å²) < 4.78 is 0. The number of aromatic carboxylic acids is 1. The van der Waals surface area contributed by atoms with Gasteiger partial charge in [0.25, 0.3) is 0 Å². The first-order chi connectivity index (χ1) is 8.97. The molecule has 0 radical (unpaired) electrons. The van der Waals surface area contributed by atoms with Gasteiger partial charge in [0.05, 0.1) is 22.0 Å². The summed E-state index contributed by atoms with van der Waals surface area (Å²) in [5, 5.41) is 13.0. The van der Waals surface area contributed by atoms with Gasteiger partial charge in [-0.1, -0.05) is 23.2 Å². The molecule has 19 heavy (non-hydrogen) atoms. The Morgan fingerprint density at radius 2 is 1.79 bits per heavy atom. The molecule has 0 saturated carbocycles. The second-order valence-corrected chi connectivity index (χ2v) is 4.70. The molecule has 0 saturated heterocycles. The fourth-order valence-electron chi connectivity index (χ4n) is 1.58. The molecular formula is C13H10Cl2N2O2. The van der Waals surface area contributed by atoms with Crippen LogP contribution < -0.4 is 11.1 Å². The Hall–Kier alpha value is -1.91. The first-order valence-corrected chi connectivity index (χ1v) is 6.08. The molecular weight excluding hydrogens is 287 g/mol. The van der Waals surface area contributed by atoms with Crippen molar-refractivity contribution in [2.45, 2.75) is 0 Å². The predicted molar refractivity (Wildman–Crippen MR) is 77.6 cm³/mol. The average molecular weight is 297 g/mol. The van der Waals surface area contributed by atoms with Crippen molar-refractivity contribution in [3.8, 4) is 0 Å². The molecule has 0 fully saturated rings. The van der Waals surface area contributed by atoms with Crippen molar-refractivity contribution in [2.75, 3.05) is 11.1 Å². The Balaban J connectivity index is 2.40. The fourth-order valence-corrected chi connectivity index (χ4v) is 2.04. The fraction of sp³-hybridized carbons (Fsp3) is 0. The zero-order chi connectivity index (χ0) is 14.0. The predicted octanol–water partition coefficient (Wildman–Crippen LogP) is 4.02. The molecule has 0 aliphatic rings. The van der Waals surface area contributed by atoms with Crippen LogP contribution in [0.4, 0.5) is 17.1 Å². The highest BCUT2D eigenvalue weighted by molar-refractivity contribution is 6.36. The van der Waals surface area contributed by atoms with Crippen LogP contribution in [0.3, 0.4) is 0 Å². The molecule has 0 aliphatic heterocycles. The van der Waals surface area contributed by atoms with Gasteiger partial charge in [-0.3, -0.25) is 0 Å². The van der Waals surface area contributed by atoms with Gasteiger partial charge in [-0.15, -0.1) is 0 Å². The van der Waals surface area contributed by atoms with Crippen LogP contribution in [0.15, 0.2) is 36.4 Å². The van der Waals surface area contributed by atoms with Gasteiger partial charge in [0.2, 0.25) is 0 Å². The summed E-state index contributed by atoms with van der Waals surface area (Å²) in [6, 6.07) is 9.49. The maximum absolute atomic E-state index is 11.2. The number of benzene rings is 2. The van der Waals surface area contributed by atoms with Crippen LogP contribution in [-0.2, 0) is 0 Å². The van der Waals surface area contributed by atoms with E-state index in [1.807, 2.05) is 0 Å². The smallest absolute Gasteiger partial charge is 0.337 e. The highest BCUT2D eigenvalue weighted by atomic mass is 35.5. The third kappa shape index (κ3) is 3.10. The van der Waals surface area contributed by atoms with E-state index >= 15 is 0 Å². The zero-order valence-corrected chi connectivity index (χ0v) is 11.2. The number of carbonyl (C=O) groups is 1. The van der Waals surface area contributed by atoms with Crippen molar-refractivity contribution < 1.29 is 9.90 Å². The van der Waals surface area contributed by atoms with E-state index in [0.717, 1.165) is 0 Å². The van der Waals surface area contributed by atoms with E-state index in [1.165, 1.54) is 6.07 Å². The number of carboxylic acids is 1. The monoisotopic (exact) mass is 296 g/mol. The lowest BCUT2D eigenvalue weighted by molar-refractivity contribution is 0.0698. The molecule has 0 spiro atoms. The van der Waals surface area contributed by atoms with E-state index in [2.05, 4.69) is 5.32 Å². The molecule has 2 rings (SSSR count). The molecule has 0 atom stereocenters. The Labute approximate surface area is 119 Å². The van der Waals surface area contributed by atoms with Gasteiger partial charge in [0, 0.05) is 10.7 Å². The summed E-state index contributed by atoms with van der Waals surface area (Å²) in [4.78, 5) is 11.2. The number of nitrogens with one attached hydrogen (secondary N) is 1. The molecule has 6 heteroatoms. The zero-order valence-electron chi connectivity index (χ0n) is 9.65. The number of nitrogen functional groups attached to an aromatic ring is 1. The molecule has 4 N–H and O–H groups in total. The quantitative estimate of drug-likeness (QED) is 0.748. The van der Waals surface area contributed by atoms with Crippen LogP contribution >= 0.6 is 23.2 Å². The molecule has 0 aromatic heterocycles. The Morgan fingerprint density at radius 1 is 1.11 bits per heavy atom. The molecule has 0 aliphatic carbocycles. The van der Waals surface area contributed by atoms with Gasteiger partial charge in [-0.05, 0) is 36.4 Å². The summed E-state index contributed by atoms with van der Waals surface area (Å²) in [6.07, 6.45) is 0. The highest BCUT2D eigenvalue weighted by Gasteiger charge is 2.11. The maximum Gasteiger partial charge on any atom is 0.337 e. The number of hydrogen-bond donors (Lipinski definition) is 3. The van der Waals surface area contributed by atoms with Gasteiger partial charge in [-0.2, -0.15) is 0 Å². The van der Waals surface area contributed by atoms with E-state index in [-0.39, 0.29) is 5.56 Å². The third-order valence-corrected chi connectivity index (χ3v) is 3.02. The molecule has 2 aromatic carbocycles. The summed E-state index contributed by atoms with van der Waals surface area (Å²) in [7, 11) is 0. The molecule has 2 aromatic rings. The number of hydrogen-bond acceptors (Lipinski definition) is 3. The van der Waals surface area contributed by atoms with Crippen molar-refractivity contribution in [1.82, 2.24) is 0 Å². The van der Waals surface area contributed by atoms with Gasteiger partial charge >= 0.3 is 5.97 Å². The Bertz CT molecular complexity index is 645. The molecule has 0 unspecified atom stereocenters. The van der Waals surface area contributed by atoms with Crippen LogP contribution in [0.1, 0.15) is 10.4 Å². The van der Waals surface area contributed by atoms with E-state index in [0.29, 0.717) is 27.1 Å². The van der Waals surface area contributed by atoms with E-state index in [9.17, 15) is 4.79 Å². The molecule has 0 heterocycles. The average Bonchev–Trinajstić information content (AvgIpc) is 2.34. The van der Waals surface area contributed by atoms with Crippen LogP contribution in [0.25, 0.3) is 0 Å². The highest BCUT2D eigenvalue weighted by Crippen LogP contribution is 2.30. The van der Waals surface area contributed by atoms with E-state index < -0.39 is 5.97 Å². The van der Waals surface area contributed by atoms with Crippen LogP contribution in [0.5, 0.6) is 0 Å². The molecule has 0 bridgehead atoms. The van der Waals surface area contributed by atoms with Crippen molar-refractivity contribution in [1.29, 1.82) is 0 Å². The second kappa shape index (κ2) is 5.38. The van der Waals surface area contributed by atoms with Gasteiger partial charge in [0.1, 0.15) is 0 Å². The topological polar surface area (TPSA) is 75.3 Å². The van der Waals surface area contributed by atoms with Crippen molar-refractivity contribution >= 4 is 46.2 Å². The Morgan fingerprint density at radius 3 is 2.42 bits per heavy atom. The molecule has 98 valence electrons. The first kappa shape index (κ1) is 13.5. The standard InChI is InChI=1S/C13H10Cl2N2O2/c14-7-1-3-12(10(15)5-7)17-11-4-2-8(16)6-9(11)13(18)19/h1-6,17H,16H2,(H,18,19). The van der Waals surface area contributed by atoms with E-state index in [1.54, 1.807) is 30.3 Å². The number of rotatable bonds is 3. The van der Waals surface area contributed by atoms with Gasteiger partial charge in [-0.25, -0.2) is 4.79 Å². The molecule has 4 nitrogen and oxygen atoms in total. The largest absolute Gasteiger partial charge is 0.478 e. The van der Waals surface area contributed by atoms with E-state index in [4.69, 9.17) is 34.0 Å². The minimum atomic E-state index is -1.07. The lowest BCUT2D eigenvalue weighted by Gasteiger charge is -2.11. The van der Waals surface area contributed by atoms with Crippen molar-refractivity contribution in [2.24, 2.45) is 0 Å². The third-order valence-electron chi connectivity index (χ3n) is 2.47. The first-order valence-electron chi connectivity index (χ1n) is 5.32. The van der Waals surface area contributed by atoms with Crippen molar-refractivity contribution in [3.05, 3.63) is 52.0 Å². The summed E-state index contributed by atoms with van der Waals surface area (Å²) in [6.45, 7) is 0. The molecule has 0 amide bonds. The van der Waals surface area contributed by atoms with Crippen LogP contribution in [-0.4, -0.2) is 11.1 Å². The number of nitrogens with two attached hydrogens (primary N) is 1. The lowest BCUT2D eigenvalue weighted by atomic mass is 10.1. The number of anilines is 3. The summed E-state index contributed by atoms with van der Waals surface area (Å²) >= 11 is 11.8. The second-order valence-electron chi connectivity index (χ2n) is 3.86. The Kier molecular flexibility index (Phi) is 3.83. The van der Waals surface area contributed by atoms with Gasteiger partial charge < -0.3 is 16.2 Å². The minimum Gasteiger partial charge on any atom is -0.478 e. The van der Waals surface area contributed by atoms with Crippen LogP contribution in [0, 0.1) is 0 Å². The lowest BCUT2D eigenvalue weighted by Crippen LogP contribution is -2.04. The van der Waals surface area contributed by atoms with Crippen molar-refractivity contribution in [3.63, 3.8) is 0 Å². The number of carboxylic acid groups (broad SMARTS) is 1. The number of halogens is 2. The maximum atomic E-state index is 11.2. The summed E-state index contributed by atoms with van der Waals surface area (Å²) in [5.41, 5.74) is 7.00. The summed E-state index contributed by atoms with van der Waals surface area (Å²) in [5.74, 6) is -1.07. The SMILES string of the molecule is Nc1ccc(Nc2ccc(Cl)cc2Cl)c(C(=O)O)c1. The minimum absolute atomic E-state index is 0.0750.